The molecule has 2 aliphatic rings. The van der Waals surface area contributed by atoms with Crippen molar-refractivity contribution in [1.82, 2.24) is 4.98 Å². The number of fused-ring (bicyclic) bond motifs is 4. The maximum atomic E-state index is 10.7. The van der Waals surface area contributed by atoms with E-state index < -0.39 is 0 Å². The zero-order valence-corrected chi connectivity index (χ0v) is 26.1. The second kappa shape index (κ2) is 12.2. The van der Waals surface area contributed by atoms with Gasteiger partial charge in [0.2, 0.25) is 0 Å². The Morgan fingerprint density at radius 1 is 0.744 bits per heavy atom. The third-order valence-corrected chi connectivity index (χ3v) is 10.3. The van der Waals surface area contributed by atoms with Crippen LogP contribution in [0.5, 0.6) is 0 Å². The second-order valence-electron chi connectivity index (χ2n) is 11.6. The van der Waals surface area contributed by atoms with Crippen molar-refractivity contribution in [2.75, 3.05) is 0 Å². The molecule has 3 nitrogen and oxygen atoms in total. The molecule has 2 unspecified atom stereocenters. The number of hydrogen-bond acceptors (Lipinski definition) is 3. The van der Waals surface area contributed by atoms with Gasteiger partial charge in [0.05, 0.1) is 17.7 Å². The van der Waals surface area contributed by atoms with E-state index in [1.165, 1.54) is 16.2 Å². The minimum absolute atomic E-state index is 0. The molecule has 2 atom stereocenters. The van der Waals surface area contributed by atoms with Gasteiger partial charge >= 0.3 is 0 Å². The Morgan fingerprint density at radius 3 is 1.87 bits per heavy atom. The maximum absolute atomic E-state index is 10.7. The van der Waals surface area contributed by atoms with Crippen molar-refractivity contribution >= 4 is 21.7 Å². The molecule has 0 bridgehead atoms. The van der Waals surface area contributed by atoms with Crippen LogP contribution in [-0.4, -0.2) is 27.4 Å². The molecule has 0 aliphatic heterocycles. The molecule has 4 heteroatoms. The van der Waals surface area contributed by atoms with E-state index in [1.54, 1.807) is 0 Å². The number of hydrogen-bond donors (Lipinski definition) is 2. The van der Waals surface area contributed by atoms with Crippen LogP contribution in [0.3, 0.4) is 0 Å². The summed E-state index contributed by atoms with van der Waals surface area (Å²) in [6.07, 6.45) is 5.78. The molecule has 2 fully saturated rings. The molecular formula is C35H42IrNO2-. The number of aromatic nitrogens is 1. The Balaban J connectivity index is 0.000000178. The summed E-state index contributed by atoms with van der Waals surface area (Å²) < 4.78 is 0. The Hall–Kier alpha value is -2.10. The third kappa shape index (κ3) is 5.22. The van der Waals surface area contributed by atoms with Crippen LogP contribution in [-0.2, 0) is 20.1 Å². The molecule has 2 N–H and O–H groups in total. The number of aliphatic hydroxyl groups excluding tert-OH is 2. The van der Waals surface area contributed by atoms with E-state index in [4.69, 9.17) is 4.98 Å². The normalized spacial score (nSPS) is 24.6. The second-order valence-corrected chi connectivity index (χ2v) is 11.6. The van der Waals surface area contributed by atoms with Crippen molar-refractivity contribution < 1.29 is 30.3 Å². The van der Waals surface area contributed by atoms with Crippen molar-refractivity contribution in [1.29, 1.82) is 0 Å². The Morgan fingerprint density at radius 2 is 1.31 bits per heavy atom. The van der Waals surface area contributed by atoms with Crippen LogP contribution in [0.15, 0.2) is 72.8 Å². The molecule has 0 spiro atoms. The first-order valence-corrected chi connectivity index (χ1v) is 14.5. The first-order chi connectivity index (χ1) is 18.4. The SMILES string of the molecule is CCC1(CC)CC2CC(CC)(CC)C(O)C2C1O.[Ir].[c-]1ccccc1-c1ccc2ccc3ccccc3c2n1. The van der Waals surface area contributed by atoms with Crippen molar-refractivity contribution in [2.24, 2.45) is 22.7 Å². The molecule has 0 saturated heterocycles. The first kappa shape index (κ1) is 29.9. The van der Waals surface area contributed by atoms with Gasteiger partial charge in [0.25, 0.3) is 0 Å². The molecule has 2 aliphatic carbocycles. The number of aliphatic hydroxyl groups is 2. The number of nitrogens with zero attached hydrogens (tertiary/aromatic N) is 1. The van der Waals surface area contributed by atoms with Gasteiger partial charge in [-0.1, -0.05) is 76.2 Å². The van der Waals surface area contributed by atoms with Crippen molar-refractivity contribution in [2.45, 2.75) is 78.4 Å². The topological polar surface area (TPSA) is 53.4 Å². The van der Waals surface area contributed by atoms with E-state index in [-0.39, 0.29) is 49.1 Å². The molecule has 1 aromatic heterocycles. The molecule has 39 heavy (non-hydrogen) atoms. The van der Waals surface area contributed by atoms with E-state index in [2.05, 4.69) is 82.3 Å². The smallest absolute Gasteiger partial charge is 0.0673 e. The molecule has 4 aromatic rings. The molecule has 209 valence electrons. The van der Waals surface area contributed by atoms with Crippen LogP contribution < -0.4 is 0 Å². The Bertz CT molecular complexity index is 1350. The summed E-state index contributed by atoms with van der Waals surface area (Å²) in [5.41, 5.74) is 3.20. The molecule has 2 saturated carbocycles. The zero-order valence-electron chi connectivity index (χ0n) is 23.7. The molecule has 6 rings (SSSR count). The molecule has 3 aromatic carbocycles. The van der Waals surface area contributed by atoms with E-state index in [0.717, 1.165) is 55.3 Å². The quantitative estimate of drug-likeness (QED) is 0.163. The van der Waals surface area contributed by atoms with Gasteiger partial charge in [-0.15, -0.1) is 35.9 Å². The molecular weight excluding hydrogens is 659 g/mol. The average molecular weight is 701 g/mol. The van der Waals surface area contributed by atoms with Gasteiger partial charge in [-0.3, -0.25) is 4.98 Å². The van der Waals surface area contributed by atoms with Gasteiger partial charge in [0.15, 0.2) is 0 Å². The minimum atomic E-state index is -0.299. The zero-order chi connectivity index (χ0) is 26.9. The van der Waals surface area contributed by atoms with Gasteiger partial charge < -0.3 is 10.2 Å². The summed E-state index contributed by atoms with van der Waals surface area (Å²) in [6.45, 7) is 8.75. The third-order valence-electron chi connectivity index (χ3n) is 10.3. The largest absolute Gasteiger partial charge is 0.392 e. The molecule has 1 heterocycles. The van der Waals surface area contributed by atoms with Crippen LogP contribution in [0.1, 0.15) is 66.2 Å². The van der Waals surface area contributed by atoms with Crippen LogP contribution in [0.4, 0.5) is 0 Å². The van der Waals surface area contributed by atoms with Crippen molar-refractivity contribution in [3.63, 3.8) is 0 Å². The van der Waals surface area contributed by atoms with Crippen LogP contribution in [0.25, 0.3) is 32.9 Å². The molecule has 1 radical (unpaired) electrons. The predicted molar refractivity (Wildman–Crippen MR) is 158 cm³/mol. The van der Waals surface area contributed by atoms with E-state index in [1.807, 2.05) is 24.3 Å². The number of rotatable bonds is 5. The minimum Gasteiger partial charge on any atom is -0.392 e. The van der Waals surface area contributed by atoms with E-state index in [9.17, 15) is 10.2 Å². The van der Waals surface area contributed by atoms with Gasteiger partial charge in [0.1, 0.15) is 0 Å². The summed E-state index contributed by atoms with van der Waals surface area (Å²) in [7, 11) is 0. The van der Waals surface area contributed by atoms with Gasteiger partial charge in [-0.05, 0) is 71.7 Å². The summed E-state index contributed by atoms with van der Waals surface area (Å²) >= 11 is 0. The fraction of sp³-hybridized carbons (Fsp3) is 0.457. The number of pyridine rings is 1. The standard InChI is InChI=1S/C19H12N.C16H30O2.Ir/c1-2-7-15(8-3-1)18-13-12-16-11-10-14-6-4-5-9-17(14)19(16)20-18;1-5-15(6-2)9-11-10-16(7-3,8-4)14(18)12(11)13(15)17;/h1-7,9-13H;11-14,17-18H,5-10H2,1-4H3;/q-1;;. The fourth-order valence-corrected chi connectivity index (χ4v) is 7.61. The number of benzene rings is 3. The van der Waals surface area contributed by atoms with Crippen LogP contribution >= 0.6 is 0 Å². The average Bonchev–Trinajstić information content (AvgIpc) is 3.42. The van der Waals surface area contributed by atoms with E-state index in [0.29, 0.717) is 5.92 Å². The predicted octanol–water partition coefficient (Wildman–Crippen LogP) is 8.21. The van der Waals surface area contributed by atoms with Gasteiger partial charge in [-0.25, -0.2) is 0 Å². The van der Waals surface area contributed by atoms with Gasteiger partial charge in [0, 0.05) is 31.4 Å². The summed E-state index contributed by atoms with van der Waals surface area (Å²) in [5, 5.41) is 25.1. The summed E-state index contributed by atoms with van der Waals surface area (Å²) in [6, 6.07) is 28.0. The van der Waals surface area contributed by atoms with E-state index >= 15 is 0 Å². The van der Waals surface area contributed by atoms with Crippen LogP contribution in [0, 0.1) is 28.7 Å². The van der Waals surface area contributed by atoms with Crippen molar-refractivity contribution in [3.8, 4) is 11.3 Å². The van der Waals surface area contributed by atoms with Gasteiger partial charge in [-0.2, -0.15) is 0 Å². The fourth-order valence-electron chi connectivity index (χ4n) is 7.61. The Labute approximate surface area is 247 Å². The Kier molecular flexibility index (Phi) is 9.33. The summed E-state index contributed by atoms with van der Waals surface area (Å²) in [4.78, 5) is 4.84. The van der Waals surface area contributed by atoms with Crippen LogP contribution in [0.2, 0.25) is 0 Å². The molecule has 0 amide bonds. The van der Waals surface area contributed by atoms with Crippen molar-refractivity contribution in [3.05, 3.63) is 78.9 Å². The maximum Gasteiger partial charge on any atom is 0.0673 e. The first-order valence-electron chi connectivity index (χ1n) is 14.5. The summed E-state index contributed by atoms with van der Waals surface area (Å²) in [5.74, 6) is 0.666. The monoisotopic (exact) mass is 701 g/mol.